The van der Waals surface area contributed by atoms with Crippen LogP contribution in [-0.2, 0) is 4.79 Å². The van der Waals surface area contributed by atoms with E-state index in [1.54, 1.807) is 16.7 Å². The van der Waals surface area contributed by atoms with Crippen molar-refractivity contribution in [1.82, 2.24) is 10.2 Å². The summed E-state index contributed by atoms with van der Waals surface area (Å²) in [6.45, 7) is 1.90. The molecule has 0 aliphatic carbocycles. The van der Waals surface area contributed by atoms with Crippen LogP contribution >= 0.6 is 23.1 Å². The first-order chi connectivity index (χ1) is 8.75. The van der Waals surface area contributed by atoms with Crippen LogP contribution in [0.2, 0.25) is 0 Å². The number of benzene rings is 1. The smallest absolute Gasteiger partial charge is 0.240 e. The third-order valence-electron chi connectivity index (χ3n) is 2.67. The maximum Gasteiger partial charge on any atom is 0.240 e. The second-order valence-corrected chi connectivity index (χ2v) is 6.17. The molecular weight excluding hydrogens is 266 g/mol. The SMILES string of the molecule is Cc1nnc(N2C(=O)CS[C@H]2c2ccccc2)s1. The van der Waals surface area contributed by atoms with Crippen LogP contribution in [0, 0.1) is 6.92 Å². The molecule has 1 aliphatic heterocycles. The van der Waals surface area contributed by atoms with Crippen LogP contribution in [0.3, 0.4) is 0 Å². The van der Waals surface area contributed by atoms with E-state index in [4.69, 9.17) is 0 Å². The van der Waals surface area contributed by atoms with Crippen molar-refractivity contribution in [2.45, 2.75) is 12.3 Å². The Morgan fingerprint density at radius 3 is 2.72 bits per heavy atom. The third-order valence-corrected chi connectivity index (χ3v) is 4.72. The fraction of sp³-hybridized carbons (Fsp3) is 0.250. The van der Waals surface area contributed by atoms with Crippen LogP contribution in [0.5, 0.6) is 0 Å². The van der Waals surface area contributed by atoms with Gasteiger partial charge in [-0.1, -0.05) is 41.7 Å². The van der Waals surface area contributed by atoms with Crippen molar-refractivity contribution in [2.24, 2.45) is 0 Å². The predicted octanol–water partition coefficient (Wildman–Crippen LogP) is 2.63. The fourth-order valence-electron chi connectivity index (χ4n) is 1.88. The number of rotatable bonds is 2. The molecule has 0 bridgehead atoms. The van der Waals surface area contributed by atoms with E-state index in [2.05, 4.69) is 10.2 Å². The summed E-state index contributed by atoms with van der Waals surface area (Å²) in [5, 5.41) is 9.66. The van der Waals surface area contributed by atoms with Crippen LogP contribution in [0.4, 0.5) is 5.13 Å². The van der Waals surface area contributed by atoms with Gasteiger partial charge in [0, 0.05) is 0 Å². The van der Waals surface area contributed by atoms with Gasteiger partial charge in [-0.05, 0) is 12.5 Å². The molecule has 0 unspecified atom stereocenters. The lowest BCUT2D eigenvalue weighted by molar-refractivity contribution is -0.115. The molecule has 1 aromatic heterocycles. The summed E-state index contributed by atoms with van der Waals surface area (Å²) in [7, 11) is 0. The molecule has 1 fully saturated rings. The first-order valence-corrected chi connectivity index (χ1v) is 7.41. The number of hydrogen-bond acceptors (Lipinski definition) is 5. The number of nitrogens with zero attached hydrogens (tertiary/aromatic N) is 3. The van der Waals surface area contributed by atoms with Crippen molar-refractivity contribution in [2.75, 3.05) is 10.7 Å². The molecule has 92 valence electrons. The number of amides is 1. The number of aromatic nitrogens is 2. The van der Waals surface area contributed by atoms with Crippen molar-refractivity contribution in [1.29, 1.82) is 0 Å². The summed E-state index contributed by atoms with van der Waals surface area (Å²) in [6, 6.07) is 10.0. The summed E-state index contributed by atoms with van der Waals surface area (Å²) in [6.07, 6.45) is 0. The third kappa shape index (κ3) is 2.02. The van der Waals surface area contributed by atoms with E-state index in [0.29, 0.717) is 10.9 Å². The molecule has 4 nitrogen and oxygen atoms in total. The fourth-order valence-corrected chi connectivity index (χ4v) is 3.83. The Hall–Kier alpha value is -1.40. The Kier molecular flexibility index (Phi) is 3.05. The number of carbonyl (C=O) groups excluding carboxylic acids is 1. The lowest BCUT2D eigenvalue weighted by Gasteiger charge is -2.20. The topological polar surface area (TPSA) is 46.1 Å². The second kappa shape index (κ2) is 4.70. The summed E-state index contributed by atoms with van der Waals surface area (Å²) >= 11 is 3.09. The summed E-state index contributed by atoms with van der Waals surface area (Å²) in [5.74, 6) is 0.600. The maximum absolute atomic E-state index is 12.0. The van der Waals surface area contributed by atoms with E-state index < -0.39 is 0 Å². The van der Waals surface area contributed by atoms with Gasteiger partial charge in [-0.25, -0.2) is 0 Å². The molecule has 0 radical (unpaired) electrons. The van der Waals surface area contributed by atoms with Gasteiger partial charge < -0.3 is 0 Å². The van der Waals surface area contributed by atoms with E-state index in [-0.39, 0.29) is 11.3 Å². The van der Waals surface area contributed by atoms with Crippen molar-refractivity contribution in [3.8, 4) is 0 Å². The molecule has 3 rings (SSSR count). The highest BCUT2D eigenvalue weighted by atomic mass is 32.2. The summed E-state index contributed by atoms with van der Waals surface area (Å²) in [5.41, 5.74) is 1.13. The summed E-state index contributed by atoms with van der Waals surface area (Å²) < 4.78 is 0. The van der Waals surface area contributed by atoms with Crippen LogP contribution in [0.15, 0.2) is 30.3 Å². The van der Waals surface area contributed by atoms with Crippen LogP contribution < -0.4 is 4.90 Å². The first kappa shape index (κ1) is 11.7. The van der Waals surface area contributed by atoms with Gasteiger partial charge in [0.15, 0.2) is 0 Å². The van der Waals surface area contributed by atoms with E-state index >= 15 is 0 Å². The molecule has 1 atom stereocenters. The van der Waals surface area contributed by atoms with Gasteiger partial charge in [-0.3, -0.25) is 9.69 Å². The quantitative estimate of drug-likeness (QED) is 0.846. The number of thioether (sulfide) groups is 1. The van der Waals surface area contributed by atoms with Crippen molar-refractivity contribution in [3.05, 3.63) is 40.9 Å². The zero-order valence-corrected chi connectivity index (χ0v) is 11.4. The number of hydrogen-bond donors (Lipinski definition) is 0. The molecule has 2 heterocycles. The predicted molar refractivity (Wildman–Crippen MR) is 73.8 cm³/mol. The Labute approximate surface area is 113 Å². The molecule has 6 heteroatoms. The van der Waals surface area contributed by atoms with E-state index in [1.165, 1.54) is 11.3 Å². The molecule has 1 aliphatic rings. The normalized spacial score (nSPS) is 19.5. The van der Waals surface area contributed by atoms with E-state index in [1.807, 2.05) is 37.3 Å². The largest absolute Gasteiger partial charge is 0.273 e. The highest BCUT2D eigenvalue weighted by Gasteiger charge is 2.35. The zero-order chi connectivity index (χ0) is 12.5. The van der Waals surface area contributed by atoms with Crippen LogP contribution in [0.1, 0.15) is 15.9 Å². The number of aryl methyl sites for hydroxylation is 1. The molecule has 1 aromatic carbocycles. The minimum Gasteiger partial charge on any atom is -0.273 e. The minimum absolute atomic E-state index is 0.0195. The second-order valence-electron chi connectivity index (χ2n) is 3.94. The maximum atomic E-state index is 12.0. The van der Waals surface area contributed by atoms with Crippen molar-refractivity contribution >= 4 is 34.1 Å². The Balaban J connectivity index is 1.98. The number of anilines is 1. The standard InChI is InChI=1S/C12H11N3OS2/c1-8-13-14-12(18-8)15-10(16)7-17-11(15)9-5-3-2-4-6-9/h2-6,11H,7H2,1H3/t11-/m0/s1. The lowest BCUT2D eigenvalue weighted by atomic mass is 10.2. The summed E-state index contributed by atoms with van der Waals surface area (Å²) in [4.78, 5) is 13.8. The Bertz CT molecular complexity index is 570. The van der Waals surface area contributed by atoms with Crippen LogP contribution in [-0.4, -0.2) is 21.9 Å². The first-order valence-electron chi connectivity index (χ1n) is 5.54. The van der Waals surface area contributed by atoms with Gasteiger partial charge in [0.1, 0.15) is 10.4 Å². The average Bonchev–Trinajstić information content (AvgIpc) is 2.96. The Morgan fingerprint density at radius 1 is 1.28 bits per heavy atom. The van der Waals surface area contributed by atoms with E-state index in [9.17, 15) is 4.79 Å². The lowest BCUT2D eigenvalue weighted by Crippen LogP contribution is -2.27. The van der Waals surface area contributed by atoms with Crippen molar-refractivity contribution < 1.29 is 4.79 Å². The number of carbonyl (C=O) groups is 1. The zero-order valence-electron chi connectivity index (χ0n) is 9.74. The molecule has 0 N–H and O–H groups in total. The minimum atomic E-state index is 0.0195. The van der Waals surface area contributed by atoms with Crippen LogP contribution in [0.25, 0.3) is 0 Å². The Morgan fingerprint density at radius 2 is 2.06 bits per heavy atom. The van der Waals surface area contributed by atoms with Gasteiger partial charge in [0.05, 0.1) is 5.75 Å². The van der Waals surface area contributed by atoms with Gasteiger partial charge >= 0.3 is 0 Å². The van der Waals surface area contributed by atoms with Crippen molar-refractivity contribution in [3.63, 3.8) is 0 Å². The molecule has 2 aromatic rings. The average molecular weight is 277 g/mol. The molecular formula is C12H11N3OS2. The highest BCUT2D eigenvalue weighted by molar-refractivity contribution is 8.00. The van der Waals surface area contributed by atoms with Gasteiger partial charge in [-0.2, -0.15) is 0 Å². The molecule has 18 heavy (non-hydrogen) atoms. The molecule has 1 amide bonds. The van der Waals surface area contributed by atoms with Gasteiger partial charge in [-0.15, -0.1) is 22.0 Å². The monoisotopic (exact) mass is 277 g/mol. The molecule has 0 saturated carbocycles. The highest BCUT2D eigenvalue weighted by Crippen LogP contribution is 2.42. The van der Waals surface area contributed by atoms with E-state index in [0.717, 1.165) is 10.6 Å². The molecule has 0 spiro atoms. The van der Waals surface area contributed by atoms with Gasteiger partial charge in [0.2, 0.25) is 11.0 Å². The molecule has 1 saturated heterocycles. The van der Waals surface area contributed by atoms with Gasteiger partial charge in [0.25, 0.3) is 0 Å².